The third kappa shape index (κ3) is 2.72. The number of halogens is 1. The summed E-state index contributed by atoms with van der Waals surface area (Å²) < 4.78 is 7.71. The molecule has 0 radical (unpaired) electrons. The minimum Gasteiger partial charge on any atom is -0.370 e. The molecule has 0 atom stereocenters. The Labute approximate surface area is 150 Å². The van der Waals surface area contributed by atoms with Crippen LogP contribution in [0.1, 0.15) is 30.5 Å². The maximum Gasteiger partial charge on any atom is 0.168 e. The summed E-state index contributed by atoms with van der Waals surface area (Å²) in [6, 6.07) is 9.69. The maximum atomic E-state index is 9.86. The van der Waals surface area contributed by atoms with Crippen molar-refractivity contribution in [2.45, 2.75) is 32.5 Å². The van der Waals surface area contributed by atoms with Crippen molar-refractivity contribution in [2.75, 3.05) is 5.32 Å². The highest BCUT2D eigenvalue weighted by molar-refractivity contribution is 6.30. The zero-order chi connectivity index (χ0) is 17.6. The summed E-state index contributed by atoms with van der Waals surface area (Å²) >= 11 is 5.96. The average Bonchev–Trinajstić information content (AvgIpc) is 3.05. The molecule has 3 heterocycles. The molecule has 126 valence electrons. The lowest BCUT2D eigenvalue weighted by Crippen LogP contribution is -2.33. The van der Waals surface area contributed by atoms with Gasteiger partial charge >= 0.3 is 0 Å². The minimum atomic E-state index is -0.325. The zero-order valence-corrected chi connectivity index (χ0v) is 14.6. The van der Waals surface area contributed by atoms with Gasteiger partial charge in [-0.15, -0.1) is 10.2 Å². The molecular formula is C18H16ClN5O. The molecule has 0 spiro atoms. The molecule has 3 aromatic rings. The number of rotatable bonds is 2. The first-order valence-electron chi connectivity index (χ1n) is 7.92. The van der Waals surface area contributed by atoms with Crippen LogP contribution < -0.4 is 5.32 Å². The number of anilines is 2. The number of aromatic nitrogens is 3. The summed E-state index contributed by atoms with van der Waals surface area (Å²) in [5.41, 5.74) is 3.71. The number of ether oxygens (including phenoxy) is 1. The standard InChI is InChI=1S/C18H16ClN5O/c1-18(2)7-13-14(8-20)16(22-12-5-3-11(19)4-6-12)24-10-21-23-17(24)15(13)9-25-18/h3-6,10,22H,7,9H2,1-2H3. The quantitative estimate of drug-likeness (QED) is 0.757. The van der Waals surface area contributed by atoms with E-state index in [-0.39, 0.29) is 5.60 Å². The molecular weight excluding hydrogens is 338 g/mol. The van der Waals surface area contributed by atoms with E-state index in [9.17, 15) is 5.26 Å². The molecule has 1 aromatic carbocycles. The first-order valence-corrected chi connectivity index (χ1v) is 8.30. The Morgan fingerprint density at radius 3 is 2.76 bits per heavy atom. The van der Waals surface area contributed by atoms with E-state index in [1.54, 1.807) is 22.9 Å². The first-order chi connectivity index (χ1) is 12.0. The highest BCUT2D eigenvalue weighted by atomic mass is 35.5. The highest BCUT2D eigenvalue weighted by Gasteiger charge is 2.32. The molecule has 0 saturated carbocycles. The molecule has 0 saturated heterocycles. The molecule has 2 aromatic heterocycles. The largest absolute Gasteiger partial charge is 0.370 e. The highest BCUT2D eigenvalue weighted by Crippen LogP contribution is 2.36. The number of nitrogens with zero attached hydrogens (tertiary/aromatic N) is 4. The van der Waals surface area contributed by atoms with E-state index in [1.807, 2.05) is 26.0 Å². The van der Waals surface area contributed by atoms with E-state index in [0.29, 0.717) is 35.1 Å². The molecule has 1 aliphatic heterocycles. The van der Waals surface area contributed by atoms with E-state index >= 15 is 0 Å². The molecule has 0 aliphatic carbocycles. The van der Waals surface area contributed by atoms with Crippen LogP contribution in [0.4, 0.5) is 11.5 Å². The fourth-order valence-electron chi connectivity index (χ4n) is 3.16. The summed E-state index contributed by atoms with van der Waals surface area (Å²) in [5.74, 6) is 0.654. The van der Waals surface area contributed by atoms with Crippen molar-refractivity contribution in [3.8, 4) is 6.07 Å². The van der Waals surface area contributed by atoms with Gasteiger partial charge in [0.25, 0.3) is 0 Å². The predicted octanol–water partition coefficient (Wildman–Crippen LogP) is 3.85. The van der Waals surface area contributed by atoms with Gasteiger partial charge in [0.2, 0.25) is 0 Å². The second kappa shape index (κ2) is 5.73. The van der Waals surface area contributed by atoms with Gasteiger partial charge in [-0.05, 0) is 43.7 Å². The van der Waals surface area contributed by atoms with Crippen LogP contribution in [0.5, 0.6) is 0 Å². The second-order valence-electron chi connectivity index (χ2n) is 6.67. The van der Waals surface area contributed by atoms with Gasteiger partial charge in [0.1, 0.15) is 18.2 Å². The number of benzene rings is 1. The van der Waals surface area contributed by atoms with Crippen LogP contribution in [-0.4, -0.2) is 20.2 Å². The Balaban J connectivity index is 1.93. The molecule has 1 N–H and O–H groups in total. The van der Waals surface area contributed by atoms with Crippen molar-refractivity contribution in [1.82, 2.24) is 14.6 Å². The van der Waals surface area contributed by atoms with Crippen LogP contribution in [0.2, 0.25) is 5.02 Å². The number of pyridine rings is 1. The van der Waals surface area contributed by atoms with Gasteiger partial charge in [-0.2, -0.15) is 5.26 Å². The Morgan fingerprint density at radius 1 is 1.28 bits per heavy atom. The lowest BCUT2D eigenvalue weighted by atomic mass is 9.89. The van der Waals surface area contributed by atoms with E-state index in [1.165, 1.54) is 0 Å². The fourth-order valence-corrected chi connectivity index (χ4v) is 3.28. The Kier molecular flexibility index (Phi) is 3.64. The molecule has 1 aliphatic rings. The Bertz CT molecular complexity index is 1000. The van der Waals surface area contributed by atoms with Crippen molar-refractivity contribution in [3.63, 3.8) is 0 Å². The summed E-state index contributed by atoms with van der Waals surface area (Å²) in [6.45, 7) is 4.47. The van der Waals surface area contributed by atoms with Gasteiger partial charge in [-0.3, -0.25) is 4.40 Å². The summed E-state index contributed by atoms with van der Waals surface area (Å²) in [6.07, 6.45) is 2.25. The van der Waals surface area contributed by atoms with Crippen molar-refractivity contribution in [2.24, 2.45) is 0 Å². The van der Waals surface area contributed by atoms with Gasteiger partial charge in [0.15, 0.2) is 5.65 Å². The normalized spacial score (nSPS) is 15.6. The number of nitriles is 1. The third-order valence-electron chi connectivity index (χ3n) is 4.39. The summed E-state index contributed by atoms with van der Waals surface area (Å²) in [5, 5.41) is 22.1. The lowest BCUT2D eigenvalue weighted by Gasteiger charge is -2.33. The van der Waals surface area contributed by atoms with E-state index < -0.39 is 0 Å². The van der Waals surface area contributed by atoms with Crippen molar-refractivity contribution in [3.05, 3.63) is 52.3 Å². The number of hydrogen-bond donors (Lipinski definition) is 1. The average molecular weight is 354 g/mol. The molecule has 25 heavy (non-hydrogen) atoms. The fraction of sp³-hybridized carbons (Fsp3) is 0.278. The maximum absolute atomic E-state index is 9.86. The van der Waals surface area contributed by atoms with Crippen molar-refractivity contribution < 1.29 is 4.74 Å². The molecule has 4 rings (SSSR count). The van der Waals surface area contributed by atoms with Crippen LogP contribution in [0.25, 0.3) is 5.65 Å². The number of nitrogens with one attached hydrogen (secondary N) is 1. The van der Waals surface area contributed by atoms with Gasteiger partial charge in [-0.25, -0.2) is 0 Å². The van der Waals surface area contributed by atoms with E-state index in [2.05, 4.69) is 21.6 Å². The third-order valence-corrected chi connectivity index (χ3v) is 4.64. The zero-order valence-electron chi connectivity index (χ0n) is 13.9. The van der Waals surface area contributed by atoms with Crippen molar-refractivity contribution >= 4 is 28.8 Å². The van der Waals surface area contributed by atoms with Crippen LogP contribution in [0.15, 0.2) is 30.6 Å². The Hall–Kier alpha value is -2.62. The lowest BCUT2D eigenvalue weighted by molar-refractivity contribution is -0.0397. The van der Waals surface area contributed by atoms with Gasteiger partial charge < -0.3 is 10.1 Å². The predicted molar refractivity (Wildman–Crippen MR) is 95.0 cm³/mol. The second-order valence-corrected chi connectivity index (χ2v) is 7.11. The molecule has 0 amide bonds. The molecule has 7 heteroatoms. The van der Waals surface area contributed by atoms with Crippen LogP contribution >= 0.6 is 11.6 Å². The van der Waals surface area contributed by atoms with E-state index in [4.69, 9.17) is 16.3 Å². The van der Waals surface area contributed by atoms with Gasteiger partial charge in [-0.1, -0.05) is 11.6 Å². The van der Waals surface area contributed by atoms with E-state index in [0.717, 1.165) is 16.8 Å². The first kappa shape index (κ1) is 15.9. The number of hydrogen-bond acceptors (Lipinski definition) is 5. The van der Waals surface area contributed by atoms with Crippen molar-refractivity contribution in [1.29, 1.82) is 5.26 Å². The smallest absolute Gasteiger partial charge is 0.168 e. The summed E-state index contributed by atoms with van der Waals surface area (Å²) in [7, 11) is 0. The molecule has 0 fully saturated rings. The molecule has 6 nitrogen and oxygen atoms in total. The Morgan fingerprint density at radius 2 is 2.04 bits per heavy atom. The SMILES string of the molecule is CC1(C)Cc2c(C#N)c(Nc3ccc(Cl)cc3)n3cnnc3c2CO1. The number of fused-ring (bicyclic) bond motifs is 3. The van der Waals surface area contributed by atoms with Crippen LogP contribution in [0.3, 0.4) is 0 Å². The topological polar surface area (TPSA) is 75.2 Å². The minimum absolute atomic E-state index is 0.325. The monoisotopic (exact) mass is 353 g/mol. The van der Waals surface area contributed by atoms with Crippen LogP contribution in [0, 0.1) is 11.3 Å². The van der Waals surface area contributed by atoms with Gasteiger partial charge in [0, 0.05) is 22.7 Å². The van der Waals surface area contributed by atoms with Crippen LogP contribution in [-0.2, 0) is 17.8 Å². The molecule has 0 bridgehead atoms. The van der Waals surface area contributed by atoms with Gasteiger partial charge in [0.05, 0.1) is 17.8 Å². The molecule has 0 unspecified atom stereocenters. The summed E-state index contributed by atoms with van der Waals surface area (Å²) in [4.78, 5) is 0.